The van der Waals surface area contributed by atoms with Gasteiger partial charge in [-0.15, -0.1) is 0 Å². The summed E-state index contributed by atoms with van der Waals surface area (Å²) in [5, 5.41) is 14.0. The van der Waals surface area contributed by atoms with Crippen LogP contribution in [0.4, 0.5) is 0 Å². The number of ether oxygens (including phenoxy) is 2. The third-order valence-corrected chi connectivity index (χ3v) is 6.82. The van der Waals surface area contributed by atoms with E-state index in [2.05, 4.69) is 18.8 Å². The third-order valence-electron chi connectivity index (χ3n) is 6.82. The van der Waals surface area contributed by atoms with Crippen molar-refractivity contribution >= 4 is 17.4 Å². The SMILES string of the molecule is Cc1cc(C([O-])=C2C(=O)C(=O)N(Cc3ccc[nH+]c3)C2c2cccc(Oc3ccccc3)c2)ccc1OCC(C)C. The Balaban J connectivity index is 1.58. The Morgan fingerprint density at radius 2 is 1.73 bits per heavy atom. The minimum atomic E-state index is -0.890. The zero-order valence-electron chi connectivity index (χ0n) is 23.3. The number of aromatic nitrogens is 1. The van der Waals surface area contributed by atoms with Crippen LogP contribution in [0.3, 0.4) is 0 Å². The minimum absolute atomic E-state index is 0.0815. The zero-order valence-corrected chi connectivity index (χ0v) is 23.3. The van der Waals surface area contributed by atoms with Crippen molar-refractivity contribution in [2.24, 2.45) is 5.92 Å². The number of Topliss-reactive ketones (excluding diaryl/α,β-unsaturated/α-hetero) is 1. The summed E-state index contributed by atoms with van der Waals surface area (Å²) in [6, 6.07) is 24.4. The van der Waals surface area contributed by atoms with Crippen molar-refractivity contribution in [2.45, 2.75) is 33.4 Å². The number of para-hydroxylation sites is 1. The third kappa shape index (κ3) is 6.14. The summed E-state index contributed by atoms with van der Waals surface area (Å²) in [5.41, 5.74) is 2.43. The number of benzene rings is 3. The Morgan fingerprint density at radius 1 is 0.951 bits per heavy atom. The molecule has 1 aliphatic rings. The van der Waals surface area contributed by atoms with Crippen LogP contribution in [0.2, 0.25) is 0 Å². The molecule has 0 saturated carbocycles. The first-order chi connectivity index (χ1) is 19.8. The second-order valence-corrected chi connectivity index (χ2v) is 10.5. The molecule has 1 aromatic heterocycles. The quantitative estimate of drug-likeness (QED) is 0.166. The standard InChI is InChI=1S/C34H32N2O5/c1-22(2)21-40-29-15-14-26(17-23(29)3)32(37)30-31(36(34(39)33(30)38)20-24-9-8-16-35-19-24)25-10-7-13-28(18-25)41-27-11-5-4-6-12-27/h4-19,22,31,37H,20-21H2,1-3H3. The highest BCUT2D eigenvalue weighted by Crippen LogP contribution is 2.41. The second kappa shape index (κ2) is 12.1. The number of amides is 1. The number of H-pyrrole nitrogens is 1. The molecule has 1 unspecified atom stereocenters. The molecule has 0 bridgehead atoms. The van der Waals surface area contributed by atoms with Crippen LogP contribution < -0.4 is 19.6 Å². The molecule has 1 atom stereocenters. The molecular weight excluding hydrogens is 516 g/mol. The van der Waals surface area contributed by atoms with Gasteiger partial charge in [-0.3, -0.25) is 9.59 Å². The van der Waals surface area contributed by atoms with Gasteiger partial charge in [0.1, 0.15) is 17.2 Å². The summed E-state index contributed by atoms with van der Waals surface area (Å²) < 4.78 is 11.9. The van der Waals surface area contributed by atoms with Crippen LogP contribution >= 0.6 is 0 Å². The number of hydrogen-bond donors (Lipinski definition) is 0. The van der Waals surface area contributed by atoms with Gasteiger partial charge in [0, 0.05) is 17.2 Å². The van der Waals surface area contributed by atoms with E-state index < -0.39 is 23.5 Å². The maximum atomic E-state index is 14.0. The summed E-state index contributed by atoms with van der Waals surface area (Å²) in [7, 11) is 0. The molecule has 3 aromatic carbocycles. The van der Waals surface area contributed by atoms with Crippen molar-refractivity contribution in [3.63, 3.8) is 0 Å². The summed E-state index contributed by atoms with van der Waals surface area (Å²) in [5.74, 6) is 0.209. The Labute approximate surface area is 239 Å². The largest absolute Gasteiger partial charge is 0.872 e. The second-order valence-electron chi connectivity index (χ2n) is 10.5. The molecule has 1 fully saturated rings. The number of hydrogen-bond acceptors (Lipinski definition) is 5. The van der Waals surface area contributed by atoms with Crippen molar-refractivity contribution < 1.29 is 29.2 Å². The molecule has 1 N–H and O–H groups in total. The summed E-state index contributed by atoms with van der Waals surface area (Å²) in [6.07, 6.45) is 3.53. The monoisotopic (exact) mass is 548 g/mol. The first-order valence-corrected chi connectivity index (χ1v) is 13.6. The van der Waals surface area contributed by atoms with E-state index in [1.165, 1.54) is 4.90 Å². The number of nitrogens with one attached hydrogen (secondary N) is 1. The molecule has 0 aliphatic carbocycles. The lowest BCUT2D eigenvalue weighted by Crippen LogP contribution is -2.29. The molecule has 1 aliphatic heterocycles. The van der Waals surface area contributed by atoms with Crippen molar-refractivity contribution in [1.82, 2.24) is 4.90 Å². The van der Waals surface area contributed by atoms with Gasteiger partial charge in [-0.1, -0.05) is 56.0 Å². The normalized spacial score (nSPS) is 16.3. The van der Waals surface area contributed by atoms with Crippen molar-refractivity contribution in [2.75, 3.05) is 6.61 Å². The molecular formula is C34H32N2O5. The van der Waals surface area contributed by atoms with Gasteiger partial charge in [-0.2, -0.15) is 0 Å². The summed E-state index contributed by atoms with van der Waals surface area (Å²) in [6.45, 7) is 6.68. The number of ketones is 1. The molecule has 2 heterocycles. The van der Waals surface area contributed by atoms with Crippen LogP contribution in [0.15, 0.2) is 103 Å². The van der Waals surface area contributed by atoms with E-state index in [9.17, 15) is 14.7 Å². The van der Waals surface area contributed by atoms with Gasteiger partial charge in [-0.05, 0) is 72.0 Å². The van der Waals surface area contributed by atoms with Crippen LogP contribution in [0.25, 0.3) is 5.76 Å². The van der Waals surface area contributed by atoms with E-state index in [0.29, 0.717) is 40.9 Å². The fourth-order valence-electron chi connectivity index (χ4n) is 4.84. The number of carbonyl (C=O) groups is 2. The summed E-state index contributed by atoms with van der Waals surface area (Å²) >= 11 is 0. The van der Waals surface area contributed by atoms with Gasteiger partial charge < -0.3 is 19.5 Å². The molecule has 0 radical (unpaired) electrons. The topological polar surface area (TPSA) is 93.0 Å². The highest BCUT2D eigenvalue weighted by atomic mass is 16.5. The van der Waals surface area contributed by atoms with E-state index in [4.69, 9.17) is 9.47 Å². The molecule has 5 rings (SSSR count). The first-order valence-electron chi connectivity index (χ1n) is 13.6. The van der Waals surface area contributed by atoms with Crippen molar-refractivity contribution in [3.05, 3.63) is 125 Å². The Hall–Kier alpha value is -4.91. The predicted molar refractivity (Wildman–Crippen MR) is 153 cm³/mol. The van der Waals surface area contributed by atoms with Crippen LogP contribution in [-0.2, 0) is 16.1 Å². The molecule has 7 heteroatoms. The minimum Gasteiger partial charge on any atom is -0.872 e. The Morgan fingerprint density at radius 3 is 2.44 bits per heavy atom. The van der Waals surface area contributed by atoms with Gasteiger partial charge in [0.25, 0.3) is 5.91 Å². The lowest BCUT2D eigenvalue weighted by atomic mass is 9.94. The summed E-state index contributed by atoms with van der Waals surface area (Å²) in [4.78, 5) is 31.4. The number of likely N-dealkylation sites (tertiary alicyclic amines) is 1. The van der Waals surface area contributed by atoms with E-state index in [1.54, 1.807) is 54.9 Å². The van der Waals surface area contributed by atoms with Crippen LogP contribution in [0.5, 0.6) is 17.2 Å². The fourth-order valence-corrected chi connectivity index (χ4v) is 4.84. The number of nitrogens with zero attached hydrogens (tertiary/aromatic N) is 1. The van der Waals surface area contributed by atoms with Gasteiger partial charge in [0.2, 0.25) is 5.78 Å². The molecule has 41 heavy (non-hydrogen) atoms. The first kappa shape index (κ1) is 27.6. The molecule has 4 aromatic rings. The average molecular weight is 549 g/mol. The van der Waals surface area contributed by atoms with Gasteiger partial charge >= 0.3 is 0 Å². The van der Waals surface area contributed by atoms with Crippen molar-refractivity contribution in [3.8, 4) is 17.2 Å². The maximum Gasteiger partial charge on any atom is 0.295 e. The Kier molecular flexibility index (Phi) is 8.15. The van der Waals surface area contributed by atoms with Crippen LogP contribution in [0, 0.1) is 12.8 Å². The molecule has 208 valence electrons. The van der Waals surface area contributed by atoms with E-state index in [0.717, 1.165) is 11.1 Å². The molecule has 0 spiro atoms. The van der Waals surface area contributed by atoms with E-state index in [-0.39, 0.29) is 12.1 Å². The van der Waals surface area contributed by atoms with E-state index >= 15 is 0 Å². The lowest BCUT2D eigenvalue weighted by molar-refractivity contribution is -0.378. The highest BCUT2D eigenvalue weighted by Gasteiger charge is 2.44. The number of rotatable bonds is 9. The molecule has 7 nitrogen and oxygen atoms in total. The highest BCUT2D eigenvalue weighted by molar-refractivity contribution is 6.46. The molecule has 1 saturated heterocycles. The number of aryl methyl sites for hydroxylation is 1. The molecule has 1 amide bonds. The number of pyridine rings is 1. The van der Waals surface area contributed by atoms with Gasteiger partial charge in [0.05, 0.1) is 19.2 Å². The van der Waals surface area contributed by atoms with Crippen molar-refractivity contribution in [1.29, 1.82) is 0 Å². The van der Waals surface area contributed by atoms with Gasteiger partial charge in [0.15, 0.2) is 12.4 Å². The zero-order chi connectivity index (χ0) is 28.9. The van der Waals surface area contributed by atoms with E-state index in [1.807, 2.05) is 49.4 Å². The fraction of sp³-hybridized carbons (Fsp3) is 0.206. The lowest BCUT2D eigenvalue weighted by Gasteiger charge is -2.27. The number of aromatic amines is 1. The van der Waals surface area contributed by atoms with Gasteiger partial charge in [-0.25, -0.2) is 4.98 Å². The Bertz CT molecular complexity index is 1580. The van der Waals surface area contributed by atoms with Crippen LogP contribution in [0.1, 0.15) is 42.1 Å². The average Bonchev–Trinajstić information content (AvgIpc) is 3.22. The maximum absolute atomic E-state index is 14.0. The number of carbonyl (C=O) groups excluding carboxylic acids is 2. The predicted octanol–water partition coefficient (Wildman–Crippen LogP) is 5.06. The smallest absolute Gasteiger partial charge is 0.295 e. The van der Waals surface area contributed by atoms with Crippen LogP contribution in [-0.4, -0.2) is 23.2 Å².